The third-order valence-electron chi connectivity index (χ3n) is 3.82. The zero-order valence-electron chi connectivity index (χ0n) is 12.8. The summed E-state index contributed by atoms with van der Waals surface area (Å²) < 4.78 is 6.00. The number of aliphatic imine (C=N–C) groups is 1. The summed E-state index contributed by atoms with van der Waals surface area (Å²) in [5, 5.41) is 14.5. The molecule has 0 atom stereocenters. The average molecular weight is 333 g/mol. The Morgan fingerprint density at radius 1 is 1.12 bits per heavy atom. The van der Waals surface area contributed by atoms with Crippen molar-refractivity contribution in [2.45, 2.75) is 0 Å². The zero-order valence-corrected chi connectivity index (χ0v) is 12.8. The Bertz CT molecular complexity index is 1090. The predicted molar refractivity (Wildman–Crippen MR) is 86.7 cm³/mol. The second-order valence-corrected chi connectivity index (χ2v) is 5.36. The number of ketones is 1. The predicted octanol–water partition coefficient (Wildman–Crippen LogP) is 0.915. The number of benzene rings is 2. The Labute approximate surface area is 141 Å². The maximum atomic E-state index is 12.7. The molecule has 0 saturated heterocycles. The second kappa shape index (κ2) is 5.72. The van der Waals surface area contributed by atoms with E-state index >= 15 is 0 Å². The van der Waals surface area contributed by atoms with Gasteiger partial charge >= 0.3 is 11.3 Å². The molecule has 7 nitrogen and oxygen atoms in total. The van der Waals surface area contributed by atoms with Gasteiger partial charge < -0.3 is 5.11 Å². The lowest BCUT2D eigenvalue weighted by Gasteiger charge is -2.06. The topological polar surface area (TPSA) is 102 Å². The fraction of sp³-hybridized carbons (Fsp3) is 0. The molecule has 0 aliphatic carbocycles. The van der Waals surface area contributed by atoms with Crippen LogP contribution in [0, 0.1) is 0 Å². The molecule has 3 aromatic rings. The van der Waals surface area contributed by atoms with Crippen molar-refractivity contribution in [3.63, 3.8) is 0 Å². The molecule has 1 aliphatic heterocycles. The first kappa shape index (κ1) is 14.8. The standard InChI is InChI=1S/C18H11N3O4/c22-15(10-13-12-8-4-5-9-14(12)19-17(13)23)16-18(24)25-20-21(16)11-6-2-1-3-7-11/h1-10H,(H-,19,20,22,23,24). The van der Waals surface area contributed by atoms with Crippen molar-refractivity contribution < 1.29 is 19.1 Å². The van der Waals surface area contributed by atoms with E-state index in [-0.39, 0.29) is 11.3 Å². The number of hydrogen-bond acceptors (Lipinski definition) is 5. The van der Waals surface area contributed by atoms with Gasteiger partial charge in [0.25, 0.3) is 5.78 Å². The Morgan fingerprint density at radius 3 is 2.64 bits per heavy atom. The fourth-order valence-electron chi connectivity index (χ4n) is 2.66. The SMILES string of the molecule is O=C(/C=C1/C([O-])=Nc2ccccc21)c1c(=O)o[nH][n+]1-c1ccccc1. The van der Waals surface area contributed by atoms with Crippen molar-refractivity contribution in [1.82, 2.24) is 5.27 Å². The van der Waals surface area contributed by atoms with Gasteiger partial charge in [0, 0.05) is 23.8 Å². The van der Waals surface area contributed by atoms with E-state index in [0.29, 0.717) is 16.9 Å². The van der Waals surface area contributed by atoms with Gasteiger partial charge in [0.1, 0.15) is 0 Å². The number of carbonyl (C=O) groups is 1. The van der Waals surface area contributed by atoms with E-state index in [1.807, 2.05) is 0 Å². The van der Waals surface area contributed by atoms with Gasteiger partial charge in [0.05, 0.1) is 5.69 Å². The van der Waals surface area contributed by atoms with Crippen LogP contribution in [-0.2, 0) is 0 Å². The van der Waals surface area contributed by atoms with Crippen molar-refractivity contribution in [3.8, 4) is 5.69 Å². The number of aromatic amines is 1. The van der Waals surface area contributed by atoms with Gasteiger partial charge in [-0.25, -0.2) is 4.79 Å². The lowest BCUT2D eigenvalue weighted by molar-refractivity contribution is -0.672. The van der Waals surface area contributed by atoms with Crippen LogP contribution in [0.2, 0.25) is 0 Å². The first-order valence-electron chi connectivity index (χ1n) is 7.45. The third-order valence-corrected chi connectivity index (χ3v) is 3.82. The van der Waals surface area contributed by atoms with Gasteiger partial charge in [-0.15, -0.1) is 0 Å². The van der Waals surface area contributed by atoms with E-state index in [1.165, 1.54) is 4.68 Å². The summed E-state index contributed by atoms with van der Waals surface area (Å²) in [6.07, 6.45) is 1.12. The summed E-state index contributed by atoms with van der Waals surface area (Å²) in [6.45, 7) is 0. The lowest BCUT2D eigenvalue weighted by atomic mass is 10.0. The van der Waals surface area contributed by atoms with Crippen molar-refractivity contribution in [2.24, 2.45) is 4.99 Å². The molecule has 0 amide bonds. The first-order chi connectivity index (χ1) is 12.1. The molecule has 1 aliphatic rings. The molecule has 1 aromatic heterocycles. The van der Waals surface area contributed by atoms with Crippen LogP contribution in [0.15, 0.2) is 75.0 Å². The largest absolute Gasteiger partial charge is 0.858 e. The van der Waals surface area contributed by atoms with Crippen LogP contribution in [0.25, 0.3) is 11.3 Å². The second-order valence-electron chi connectivity index (χ2n) is 5.36. The summed E-state index contributed by atoms with van der Waals surface area (Å²) in [5.74, 6) is -1.16. The van der Waals surface area contributed by atoms with E-state index in [0.717, 1.165) is 6.08 Å². The van der Waals surface area contributed by atoms with E-state index in [1.54, 1.807) is 54.6 Å². The van der Waals surface area contributed by atoms with Crippen LogP contribution in [0.3, 0.4) is 0 Å². The molecule has 2 aromatic carbocycles. The van der Waals surface area contributed by atoms with Gasteiger partial charge in [-0.1, -0.05) is 36.4 Å². The smallest absolute Gasteiger partial charge is 0.439 e. The van der Waals surface area contributed by atoms with E-state index in [9.17, 15) is 14.7 Å². The normalized spacial score (nSPS) is 14.4. The molecule has 25 heavy (non-hydrogen) atoms. The van der Waals surface area contributed by atoms with Crippen LogP contribution in [0.4, 0.5) is 5.69 Å². The Kier molecular flexibility index (Phi) is 3.39. The van der Waals surface area contributed by atoms with E-state index in [4.69, 9.17) is 4.52 Å². The molecule has 4 rings (SSSR count). The Balaban J connectivity index is 1.81. The van der Waals surface area contributed by atoms with Gasteiger partial charge in [-0.3, -0.25) is 14.3 Å². The molecular weight excluding hydrogens is 322 g/mol. The van der Waals surface area contributed by atoms with Crippen LogP contribution in [-0.4, -0.2) is 17.0 Å². The van der Waals surface area contributed by atoms with E-state index < -0.39 is 17.3 Å². The minimum absolute atomic E-state index is 0.154. The number of H-pyrrole nitrogens is 1. The van der Waals surface area contributed by atoms with Gasteiger partial charge in [0.2, 0.25) is 5.69 Å². The molecule has 7 heteroatoms. The Hall–Kier alpha value is -3.74. The minimum atomic E-state index is -0.818. The van der Waals surface area contributed by atoms with Crippen molar-refractivity contribution in [1.29, 1.82) is 0 Å². The van der Waals surface area contributed by atoms with Crippen LogP contribution in [0.1, 0.15) is 16.1 Å². The quantitative estimate of drug-likeness (QED) is 0.437. The molecular formula is C18H11N3O4. The van der Waals surface area contributed by atoms with Crippen LogP contribution < -0.4 is 15.4 Å². The number of carbonyl (C=O) groups excluding carboxylic acids is 1. The summed E-state index contributed by atoms with van der Waals surface area (Å²) in [4.78, 5) is 28.5. The monoisotopic (exact) mass is 333 g/mol. The number of rotatable bonds is 3. The molecule has 2 heterocycles. The summed E-state index contributed by atoms with van der Waals surface area (Å²) >= 11 is 0. The Morgan fingerprint density at radius 2 is 1.84 bits per heavy atom. The minimum Gasteiger partial charge on any atom is -0.858 e. The van der Waals surface area contributed by atoms with Gasteiger partial charge in [-0.2, -0.15) is 0 Å². The first-order valence-corrected chi connectivity index (χ1v) is 7.45. The maximum absolute atomic E-state index is 12.7. The molecule has 1 N–H and O–H groups in total. The molecule has 0 bridgehead atoms. The number of allylic oxidation sites excluding steroid dienone is 1. The van der Waals surface area contributed by atoms with E-state index in [2.05, 4.69) is 10.3 Å². The van der Waals surface area contributed by atoms with Crippen LogP contribution in [0.5, 0.6) is 0 Å². The molecule has 0 unspecified atom stereocenters. The van der Waals surface area contributed by atoms with Gasteiger partial charge in [-0.05, 0) is 27.5 Å². The maximum Gasteiger partial charge on any atom is 0.439 e. The summed E-state index contributed by atoms with van der Waals surface area (Å²) in [7, 11) is 0. The molecule has 0 saturated carbocycles. The zero-order chi connectivity index (χ0) is 17.4. The molecule has 0 fully saturated rings. The highest BCUT2D eigenvalue weighted by Crippen LogP contribution is 2.32. The number of fused-ring (bicyclic) bond motifs is 1. The fourth-order valence-corrected chi connectivity index (χ4v) is 2.66. The van der Waals surface area contributed by atoms with Gasteiger partial charge in [0.15, 0.2) is 0 Å². The summed E-state index contributed by atoms with van der Waals surface area (Å²) in [5.41, 5.74) is 0.728. The van der Waals surface area contributed by atoms with Crippen molar-refractivity contribution in [2.75, 3.05) is 0 Å². The highest BCUT2D eigenvalue weighted by Gasteiger charge is 2.30. The van der Waals surface area contributed by atoms with Crippen molar-refractivity contribution >= 4 is 22.9 Å². The molecule has 0 spiro atoms. The number of aromatic nitrogens is 2. The number of hydrogen-bond donors (Lipinski definition) is 1. The lowest BCUT2D eigenvalue weighted by Crippen LogP contribution is -2.40. The highest BCUT2D eigenvalue weighted by molar-refractivity contribution is 6.28. The molecule has 122 valence electrons. The number of para-hydroxylation sites is 2. The number of nitrogens with zero attached hydrogens (tertiary/aromatic N) is 2. The highest BCUT2D eigenvalue weighted by atomic mass is 16.5. The molecule has 0 radical (unpaired) electrons. The number of nitrogens with one attached hydrogen (secondary N) is 1. The summed E-state index contributed by atoms with van der Waals surface area (Å²) in [6, 6.07) is 15.6. The average Bonchev–Trinajstić information content (AvgIpc) is 3.16. The van der Waals surface area contributed by atoms with Crippen molar-refractivity contribution in [3.05, 3.63) is 82.4 Å². The van der Waals surface area contributed by atoms with Crippen LogP contribution >= 0.6 is 0 Å². The third kappa shape index (κ3) is 2.47.